The number of benzene rings is 1. The van der Waals surface area contributed by atoms with Crippen LogP contribution in [0.15, 0.2) is 18.2 Å². The molecule has 3 rings (SSSR count). The highest BCUT2D eigenvalue weighted by Gasteiger charge is 2.16. The van der Waals surface area contributed by atoms with Crippen molar-refractivity contribution in [3.05, 3.63) is 23.8 Å². The predicted molar refractivity (Wildman–Crippen MR) is 104 cm³/mol. The second-order valence-electron chi connectivity index (χ2n) is 7.65. The zero-order valence-corrected chi connectivity index (χ0v) is 16.2. The smallest absolute Gasteiger partial charge is 0.161 e. The highest BCUT2D eigenvalue weighted by molar-refractivity contribution is 5.43. The molecular weight excluding hydrogens is 328 g/mol. The molecule has 0 spiro atoms. The summed E-state index contributed by atoms with van der Waals surface area (Å²) in [6.07, 6.45) is 7.22. The summed E-state index contributed by atoms with van der Waals surface area (Å²) in [6, 6.07) is 6.15. The van der Waals surface area contributed by atoms with Crippen LogP contribution >= 0.6 is 0 Å². The topological polar surface area (TPSA) is 45.2 Å². The summed E-state index contributed by atoms with van der Waals surface area (Å²) in [5, 5.41) is 10.3. The number of rotatable bonds is 8. The van der Waals surface area contributed by atoms with E-state index in [2.05, 4.69) is 21.9 Å². The molecule has 2 heterocycles. The molecule has 2 aliphatic rings. The fourth-order valence-electron chi connectivity index (χ4n) is 3.98. The second kappa shape index (κ2) is 10.1. The van der Waals surface area contributed by atoms with E-state index in [-0.39, 0.29) is 0 Å². The van der Waals surface area contributed by atoms with E-state index >= 15 is 0 Å². The Kier molecular flexibility index (Phi) is 7.59. The summed E-state index contributed by atoms with van der Waals surface area (Å²) in [7, 11) is 1.68. The maximum absolute atomic E-state index is 10.3. The lowest BCUT2D eigenvalue weighted by Gasteiger charge is -2.23. The Balaban J connectivity index is 1.49. The summed E-state index contributed by atoms with van der Waals surface area (Å²) in [4.78, 5) is 4.83. The van der Waals surface area contributed by atoms with Crippen LogP contribution in [-0.2, 0) is 6.54 Å². The van der Waals surface area contributed by atoms with Gasteiger partial charge in [0.15, 0.2) is 11.5 Å². The number of nitrogens with zero attached hydrogens (tertiary/aromatic N) is 2. The van der Waals surface area contributed by atoms with Crippen molar-refractivity contribution in [2.75, 3.05) is 46.4 Å². The molecule has 2 fully saturated rings. The molecule has 0 unspecified atom stereocenters. The largest absolute Gasteiger partial charge is 0.493 e. The Labute approximate surface area is 157 Å². The van der Waals surface area contributed by atoms with Gasteiger partial charge in [0.05, 0.1) is 7.11 Å². The summed E-state index contributed by atoms with van der Waals surface area (Å²) in [6.45, 7) is 6.51. The van der Waals surface area contributed by atoms with Crippen LogP contribution in [0, 0.1) is 0 Å². The number of hydrogen-bond donors (Lipinski definition) is 1. The average Bonchev–Trinajstić information content (AvgIpc) is 3.03. The summed E-state index contributed by atoms with van der Waals surface area (Å²) >= 11 is 0. The van der Waals surface area contributed by atoms with Crippen LogP contribution in [0.25, 0.3) is 0 Å². The van der Waals surface area contributed by atoms with Crippen LogP contribution < -0.4 is 9.47 Å². The molecule has 2 aliphatic heterocycles. The van der Waals surface area contributed by atoms with Gasteiger partial charge in [-0.2, -0.15) is 0 Å². The summed E-state index contributed by atoms with van der Waals surface area (Å²) < 4.78 is 11.4. The third-order valence-corrected chi connectivity index (χ3v) is 5.43. The first kappa shape index (κ1) is 19.5. The SMILES string of the molecule is COc1cc(CN2CCCC2)ccc1OC[C@H](O)CN1CCCCCC1. The van der Waals surface area contributed by atoms with Gasteiger partial charge in [0.2, 0.25) is 0 Å². The summed E-state index contributed by atoms with van der Waals surface area (Å²) in [5.41, 5.74) is 1.25. The minimum absolute atomic E-state index is 0.304. The van der Waals surface area contributed by atoms with E-state index in [1.54, 1.807) is 7.11 Å². The molecule has 1 aromatic rings. The van der Waals surface area contributed by atoms with E-state index in [0.29, 0.717) is 18.9 Å². The highest BCUT2D eigenvalue weighted by Crippen LogP contribution is 2.29. The molecule has 0 aliphatic carbocycles. The van der Waals surface area contributed by atoms with Gasteiger partial charge < -0.3 is 19.5 Å². The monoisotopic (exact) mass is 362 g/mol. The van der Waals surface area contributed by atoms with Crippen molar-refractivity contribution in [3.8, 4) is 11.5 Å². The third-order valence-electron chi connectivity index (χ3n) is 5.43. The van der Waals surface area contributed by atoms with Crippen LogP contribution in [0.5, 0.6) is 11.5 Å². The van der Waals surface area contributed by atoms with Crippen molar-refractivity contribution in [1.82, 2.24) is 9.80 Å². The molecule has 0 saturated carbocycles. The van der Waals surface area contributed by atoms with Crippen LogP contribution in [0.3, 0.4) is 0 Å². The molecule has 2 saturated heterocycles. The van der Waals surface area contributed by atoms with Crippen molar-refractivity contribution in [1.29, 1.82) is 0 Å². The van der Waals surface area contributed by atoms with Crippen molar-refractivity contribution in [2.45, 2.75) is 51.2 Å². The molecule has 5 heteroatoms. The third kappa shape index (κ3) is 5.86. The lowest BCUT2D eigenvalue weighted by atomic mass is 10.2. The Hall–Kier alpha value is -1.30. The molecule has 0 amide bonds. The van der Waals surface area contributed by atoms with Crippen LogP contribution in [0.1, 0.15) is 44.1 Å². The lowest BCUT2D eigenvalue weighted by molar-refractivity contribution is 0.0683. The molecule has 0 aromatic heterocycles. The molecular formula is C21H34N2O3. The van der Waals surface area contributed by atoms with Crippen molar-refractivity contribution >= 4 is 0 Å². The van der Waals surface area contributed by atoms with E-state index in [0.717, 1.165) is 25.4 Å². The first-order valence-corrected chi connectivity index (χ1v) is 10.2. The Morgan fingerprint density at radius 3 is 2.27 bits per heavy atom. The minimum Gasteiger partial charge on any atom is -0.493 e. The minimum atomic E-state index is -0.470. The van der Waals surface area contributed by atoms with Crippen LogP contribution in [0.2, 0.25) is 0 Å². The van der Waals surface area contributed by atoms with Crippen molar-refractivity contribution < 1.29 is 14.6 Å². The van der Waals surface area contributed by atoms with E-state index in [1.807, 2.05) is 6.07 Å². The average molecular weight is 363 g/mol. The number of aliphatic hydroxyl groups is 1. The maximum atomic E-state index is 10.3. The van der Waals surface area contributed by atoms with Crippen LogP contribution in [-0.4, -0.2) is 67.5 Å². The number of aliphatic hydroxyl groups excluding tert-OH is 1. The molecule has 26 heavy (non-hydrogen) atoms. The normalized spacial score (nSPS) is 20.7. The molecule has 5 nitrogen and oxygen atoms in total. The van der Waals surface area contributed by atoms with E-state index in [9.17, 15) is 5.11 Å². The first-order chi connectivity index (χ1) is 12.7. The van der Waals surface area contributed by atoms with Gasteiger partial charge in [-0.25, -0.2) is 0 Å². The summed E-state index contributed by atoms with van der Waals surface area (Å²) in [5.74, 6) is 1.47. The molecule has 0 bridgehead atoms. The second-order valence-corrected chi connectivity index (χ2v) is 7.65. The highest BCUT2D eigenvalue weighted by atomic mass is 16.5. The quantitative estimate of drug-likeness (QED) is 0.770. The molecule has 1 aromatic carbocycles. The van der Waals surface area contributed by atoms with Gasteiger partial charge in [0.25, 0.3) is 0 Å². The van der Waals surface area contributed by atoms with Gasteiger partial charge in [-0.05, 0) is 69.6 Å². The van der Waals surface area contributed by atoms with Gasteiger partial charge in [-0.1, -0.05) is 18.9 Å². The zero-order valence-electron chi connectivity index (χ0n) is 16.2. The molecule has 1 atom stereocenters. The van der Waals surface area contributed by atoms with E-state index in [1.165, 1.54) is 57.2 Å². The Bertz CT molecular complexity index is 538. The first-order valence-electron chi connectivity index (χ1n) is 10.2. The number of ether oxygens (including phenoxy) is 2. The van der Waals surface area contributed by atoms with Crippen LogP contribution in [0.4, 0.5) is 0 Å². The van der Waals surface area contributed by atoms with Gasteiger partial charge in [-0.3, -0.25) is 4.90 Å². The lowest BCUT2D eigenvalue weighted by Crippen LogP contribution is -2.36. The fourth-order valence-corrected chi connectivity index (χ4v) is 3.98. The molecule has 1 N–H and O–H groups in total. The maximum Gasteiger partial charge on any atom is 0.161 e. The standard InChI is InChI=1S/C21H34N2O3/c1-25-21-14-18(15-22-12-6-7-13-22)8-9-20(21)26-17-19(24)16-23-10-4-2-3-5-11-23/h8-9,14,19,24H,2-7,10-13,15-17H2,1H3/t19-/m1/s1. The molecule has 0 radical (unpaired) electrons. The van der Waals surface area contributed by atoms with Gasteiger partial charge in [0, 0.05) is 13.1 Å². The number of hydrogen-bond acceptors (Lipinski definition) is 5. The number of likely N-dealkylation sites (tertiary alicyclic amines) is 2. The van der Waals surface area contributed by atoms with Crippen molar-refractivity contribution in [3.63, 3.8) is 0 Å². The Morgan fingerprint density at radius 1 is 0.923 bits per heavy atom. The van der Waals surface area contributed by atoms with E-state index < -0.39 is 6.10 Å². The van der Waals surface area contributed by atoms with Gasteiger partial charge in [-0.15, -0.1) is 0 Å². The Morgan fingerprint density at radius 2 is 1.58 bits per heavy atom. The fraction of sp³-hybridized carbons (Fsp3) is 0.714. The zero-order chi connectivity index (χ0) is 18.2. The molecule has 146 valence electrons. The van der Waals surface area contributed by atoms with E-state index in [4.69, 9.17) is 9.47 Å². The van der Waals surface area contributed by atoms with Crippen molar-refractivity contribution in [2.24, 2.45) is 0 Å². The number of methoxy groups -OCH3 is 1. The predicted octanol–water partition coefficient (Wildman–Crippen LogP) is 2.91. The van der Waals surface area contributed by atoms with Gasteiger partial charge >= 0.3 is 0 Å². The number of β-amino-alcohol motifs (C(OH)–C–C–N with tert-alkyl or cyclic N) is 1. The van der Waals surface area contributed by atoms with Gasteiger partial charge in [0.1, 0.15) is 12.7 Å².